The first kappa shape index (κ1) is 18.4. The van der Waals surface area contributed by atoms with Gasteiger partial charge in [0, 0.05) is 22.5 Å². The average molecular weight is 358 g/mol. The fraction of sp³-hybridized carbons (Fsp3) is 0.130. The van der Waals surface area contributed by atoms with Crippen molar-refractivity contribution in [1.29, 1.82) is 0 Å². The standard InChI is InChI=1S/C23H22N2O2/c1-15-11-12-20(13-17(15)3)24-22(26)18-8-6-9-19(14-18)23(27)25-21-10-5-4-7-16(21)2/h4-14H,1-3H3,(H,24,26)(H,25,27). The molecule has 0 saturated carbocycles. The van der Waals surface area contributed by atoms with Gasteiger partial charge in [-0.2, -0.15) is 0 Å². The second-order valence-electron chi connectivity index (χ2n) is 6.60. The number of carbonyl (C=O) groups is 2. The second-order valence-corrected chi connectivity index (χ2v) is 6.60. The van der Waals surface area contributed by atoms with Gasteiger partial charge < -0.3 is 10.6 Å². The number of hydrogen-bond acceptors (Lipinski definition) is 2. The molecular weight excluding hydrogens is 336 g/mol. The van der Waals surface area contributed by atoms with E-state index in [4.69, 9.17) is 0 Å². The van der Waals surface area contributed by atoms with Gasteiger partial charge in [0.05, 0.1) is 0 Å². The number of nitrogens with one attached hydrogen (secondary N) is 2. The Morgan fingerprint density at radius 2 is 1.30 bits per heavy atom. The van der Waals surface area contributed by atoms with Gasteiger partial charge in [-0.3, -0.25) is 9.59 Å². The second kappa shape index (κ2) is 7.87. The lowest BCUT2D eigenvalue weighted by Gasteiger charge is -2.10. The minimum absolute atomic E-state index is 0.245. The van der Waals surface area contributed by atoms with E-state index in [1.165, 1.54) is 5.56 Å². The Bertz CT molecular complexity index is 1010. The Hall–Kier alpha value is -3.40. The SMILES string of the molecule is Cc1ccc(NC(=O)c2cccc(C(=O)Nc3ccccc3C)c2)cc1C. The van der Waals surface area contributed by atoms with Crippen molar-refractivity contribution < 1.29 is 9.59 Å². The molecule has 136 valence electrons. The van der Waals surface area contributed by atoms with E-state index in [9.17, 15) is 9.59 Å². The van der Waals surface area contributed by atoms with Crippen molar-refractivity contribution in [2.75, 3.05) is 10.6 Å². The van der Waals surface area contributed by atoms with Crippen LogP contribution >= 0.6 is 0 Å². The molecular formula is C23H22N2O2. The zero-order valence-electron chi connectivity index (χ0n) is 15.7. The number of anilines is 2. The monoisotopic (exact) mass is 358 g/mol. The van der Waals surface area contributed by atoms with Gasteiger partial charge in [0.1, 0.15) is 0 Å². The van der Waals surface area contributed by atoms with Crippen LogP contribution in [0.4, 0.5) is 11.4 Å². The summed E-state index contributed by atoms with van der Waals surface area (Å²) in [6, 6.07) is 20.0. The van der Waals surface area contributed by atoms with Crippen LogP contribution in [0.3, 0.4) is 0 Å². The molecule has 27 heavy (non-hydrogen) atoms. The van der Waals surface area contributed by atoms with Crippen molar-refractivity contribution >= 4 is 23.2 Å². The van der Waals surface area contributed by atoms with Crippen LogP contribution in [-0.4, -0.2) is 11.8 Å². The Balaban J connectivity index is 1.76. The first-order valence-corrected chi connectivity index (χ1v) is 8.79. The van der Waals surface area contributed by atoms with Crippen LogP contribution in [0.1, 0.15) is 37.4 Å². The summed E-state index contributed by atoms with van der Waals surface area (Å²) in [5.74, 6) is -0.492. The van der Waals surface area contributed by atoms with Gasteiger partial charge in [-0.1, -0.05) is 30.3 Å². The van der Waals surface area contributed by atoms with E-state index in [-0.39, 0.29) is 11.8 Å². The largest absolute Gasteiger partial charge is 0.322 e. The number of rotatable bonds is 4. The summed E-state index contributed by atoms with van der Waals surface area (Å²) in [5.41, 5.74) is 5.62. The van der Waals surface area contributed by atoms with Gasteiger partial charge in [0.2, 0.25) is 0 Å². The summed E-state index contributed by atoms with van der Waals surface area (Å²) in [6.45, 7) is 5.96. The highest BCUT2D eigenvalue weighted by Crippen LogP contribution is 2.17. The number of hydrogen-bond donors (Lipinski definition) is 2. The van der Waals surface area contributed by atoms with Gasteiger partial charge in [-0.25, -0.2) is 0 Å². The lowest BCUT2D eigenvalue weighted by Crippen LogP contribution is -2.16. The fourth-order valence-corrected chi connectivity index (χ4v) is 2.73. The number of amides is 2. The van der Waals surface area contributed by atoms with Gasteiger partial charge >= 0.3 is 0 Å². The number of benzene rings is 3. The predicted octanol–water partition coefficient (Wildman–Crippen LogP) is 5.12. The molecule has 0 bridgehead atoms. The van der Waals surface area contributed by atoms with Gasteiger partial charge in [0.25, 0.3) is 11.8 Å². The van der Waals surface area contributed by atoms with Crippen molar-refractivity contribution in [1.82, 2.24) is 0 Å². The molecule has 4 heteroatoms. The lowest BCUT2D eigenvalue weighted by atomic mass is 10.1. The molecule has 3 aromatic rings. The maximum absolute atomic E-state index is 12.6. The molecule has 0 radical (unpaired) electrons. The van der Waals surface area contributed by atoms with Crippen molar-refractivity contribution in [3.05, 3.63) is 94.5 Å². The van der Waals surface area contributed by atoms with E-state index >= 15 is 0 Å². The van der Waals surface area contributed by atoms with Crippen LogP contribution in [0.5, 0.6) is 0 Å². The average Bonchev–Trinajstić information content (AvgIpc) is 2.66. The van der Waals surface area contributed by atoms with Gasteiger partial charge in [0.15, 0.2) is 0 Å². The maximum Gasteiger partial charge on any atom is 0.255 e. The fourth-order valence-electron chi connectivity index (χ4n) is 2.73. The van der Waals surface area contributed by atoms with Crippen LogP contribution < -0.4 is 10.6 Å². The maximum atomic E-state index is 12.6. The van der Waals surface area contributed by atoms with Crippen molar-refractivity contribution in [2.24, 2.45) is 0 Å². The van der Waals surface area contributed by atoms with Crippen LogP contribution in [0, 0.1) is 20.8 Å². The predicted molar refractivity (Wildman–Crippen MR) is 109 cm³/mol. The number of para-hydroxylation sites is 1. The molecule has 0 aliphatic carbocycles. The minimum atomic E-state index is -0.246. The van der Waals surface area contributed by atoms with E-state index in [2.05, 4.69) is 10.6 Å². The molecule has 0 saturated heterocycles. The van der Waals surface area contributed by atoms with Crippen molar-refractivity contribution in [3.63, 3.8) is 0 Å². The minimum Gasteiger partial charge on any atom is -0.322 e. The summed E-state index contributed by atoms with van der Waals surface area (Å²) < 4.78 is 0. The Kier molecular flexibility index (Phi) is 5.36. The van der Waals surface area contributed by atoms with E-state index in [1.54, 1.807) is 24.3 Å². The molecule has 2 amide bonds. The van der Waals surface area contributed by atoms with Crippen LogP contribution in [0.2, 0.25) is 0 Å². The van der Waals surface area contributed by atoms with Crippen molar-refractivity contribution in [3.8, 4) is 0 Å². The molecule has 4 nitrogen and oxygen atoms in total. The summed E-state index contributed by atoms with van der Waals surface area (Å²) >= 11 is 0. The molecule has 0 aromatic heterocycles. The zero-order chi connectivity index (χ0) is 19.4. The smallest absolute Gasteiger partial charge is 0.255 e. The molecule has 0 unspecified atom stereocenters. The quantitative estimate of drug-likeness (QED) is 0.680. The van der Waals surface area contributed by atoms with E-state index in [0.717, 1.165) is 22.5 Å². The Labute approximate surface area is 159 Å². The highest BCUT2D eigenvalue weighted by molar-refractivity contribution is 6.08. The lowest BCUT2D eigenvalue weighted by molar-refractivity contribution is 0.102. The Morgan fingerprint density at radius 3 is 1.96 bits per heavy atom. The summed E-state index contributed by atoms with van der Waals surface area (Å²) in [4.78, 5) is 25.1. The topological polar surface area (TPSA) is 58.2 Å². The highest BCUT2D eigenvalue weighted by atomic mass is 16.2. The van der Waals surface area contributed by atoms with E-state index < -0.39 is 0 Å². The summed E-state index contributed by atoms with van der Waals surface area (Å²) in [7, 11) is 0. The summed E-state index contributed by atoms with van der Waals surface area (Å²) in [6.07, 6.45) is 0. The highest BCUT2D eigenvalue weighted by Gasteiger charge is 2.12. The van der Waals surface area contributed by atoms with Crippen LogP contribution in [-0.2, 0) is 0 Å². The molecule has 0 atom stereocenters. The molecule has 3 rings (SSSR count). The zero-order valence-corrected chi connectivity index (χ0v) is 15.7. The van der Waals surface area contributed by atoms with Gasteiger partial charge in [-0.05, 0) is 73.9 Å². The third-order valence-electron chi connectivity index (χ3n) is 4.54. The molecule has 2 N–H and O–H groups in total. The molecule has 0 aliphatic rings. The van der Waals surface area contributed by atoms with E-state index in [0.29, 0.717) is 11.1 Å². The first-order valence-electron chi connectivity index (χ1n) is 8.79. The van der Waals surface area contributed by atoms with Crippen LogP contribution in [0.15, 0.2) is 66.7 Å². The normalized spacial score (nSPS) is 10.3. The molecule has 0 aliphatic heterocycles. The molecule has 0 fully saturated rings. The van der Waals surface area contributed by atoms with E-state index in [1.807, 2.05) is 63.2 Å². The number of aryl methyl sites for hydroxylation is 3. The van der Waals surface area contributed by atoms with Crippen molar-refractivity contribution in [2.45, 2.75) is 20.8 Å². The first-order chi connectivity index (χ1) is 12.9. The molecule has 0 spiro atoms. The third kappa shape index (κ3) is 4.42. The molecule has 3 aromatic carbocycles. The number of carbonyl (C=O) groups excluding carboxylic acids is 2. The molecule has 0 heterocycles. The van der Waals surface area contributed by atoms with Crippen LogP contribution in [0.25, 0.3) is 0 Å². The third-order valence-corrected chi connectivity index (χ3v) is 4.54. The summed E-state index contributed by atoms with van der Waals surface area (Å²) in [5, 5.41) is 5.77. The van der Waals surface area contributed by atoms with Gasteiger partial charge in [-0.15, -0.1) is 0 Å². The Morgan fingerprint density at radius 1 is 0.630 bits per heavy atom.